The van der Waals surface area contributed by atoms with Crippen LogP contribution in [0.1, 0.15) is 30.9 Å². The third kappa shape index (κ3) is 3.38. The molecule has 0 aliphatic heterocycles. The van der Waals surface area contributed by atoms with Crippen LogP contribution in [0.5, 0.6) is 0 Å². The highest BCUT2D eigenvalue weighted by Crippen LogP contribution is 2.46. The zero-order valence-electron chi connectivity index (χ0n) is 14.1. The SMILES string of the molecule is Cc1c(C(F)(F)F)noc1C1(C(N)=O)C=CC=C(I)C1C(=O)NC(C)C. The van der Waals surface area contributed by atoms with E-state index in [2.05, 4.69) is 10.5 Å². The Bertz CT molecular complexity index is 798. The fraction of sp³-hybridized carbons (Fsp3) is 0.438. The monoisotopic (exact) mass is 483 g/mol. The Kier molecular flexibility index (Phi) is 5.54. The molecule has 2 rings (SSSR count). The topological polar surface area (TPSA) is 98.2 Å². The predicted molar refractivity (Wildman–Crippen MR) is 95.1 cm³/mol. The highest BCUT2D eigenvalue weighted by atomic mass is 127. The summed E-state index contributed by atoms with van der Waals surface area (Å²) in [6.07, 6.45) is -0.429. The number of nitrogens with zero attached hydrogens (tertiary/aromatic N) is 1. The average molecular weight is 483 g/mol. The van der Waals surface area contributed by atoms with Gasteiger partial charge in [0.05, 0.1) is 5.92 Å². The summed E-state index contributed by atoms with van der Waals surface area (Å²) in [5.41, 5.74) is 2.03. The van der Waals surface area contributed by atoms with Crippen molar-refractivity contribution in [2.45, 2.75) is 38.4 Å². The van der Waals surface area contributed by atoms with Crippen LogP contribution < -0.4 is 11.1 Å². The molecular formula is C16H17F3IN3O3. The van der Waals surface area contributed by atoms with Gasteiger partial charge in [0.25, 0.3) is 0 Å². The summed E-state index contributed by atoms with van der Waals surface area (Å²) in [5, 5.41) is 5.74. The highest BCUT2D eigenvalue weighted by Gasteiger charge is 2.55. The van der Waals surface area contributed by atoms with Crippen molar-refractivity contribution < 1.29 is 27.3 Å². The normalized spacial score (nSPS) is 23.1. The van der Waals surface area contributed by atoms with Gasteiger partial charge in [0, 0.05) is 15.2 Å². The van der Waals surface area contributed by atoms with E-state index in [0.29, 0.717) is 3.58 Å². The first-order valence-electron chi connectivity index (χ1n) is 7.62. The fourth-order valence-corrected chi connectivity index (χ4v) is 3.91. The van der Waals surface area contributed by atoms with Crippen LogP contribution in [0.25, 0.3) is 0 Å². The van der Waals surface area contributed by atoms with Crippen molar-refractivity contribution in [2.75, 3.05) is 0 Å². The summed E-state index contributed by atoms with van der Waals surface area (Å²) in [6, 6.07) is -0.246. The molecule has 26 heavy (non-hydrogen) atoms. The van der Waals surface area contributed by atoms with Crippen molar-refractivity contribution >= 4 is 34.4 Å². The molecule has 6 nitrogen and oxygen atoms in total. The van der Waals surface area contributed by atoms with Crippen LogP contribution in [0.4, 0.5) is 13.2 Å². The number of aromatic nitrogens is 1. The molecule has 1 aromatic heterocycles. The second kappa shape index (κ2) is 7.05. The van der Waals surface area contributed by atoms with Gasteiger partial charge in [-0.1, -0.05) is 23.4 Å². The van der Waals surface area contributed by atoms with Gasteiger partial charge in [0.1, 0.15) is 5.41 Å². The number of halogens is 4. The Morgan fingerprint density at radius 3 is 2.50 bits per heavy atom. The Balaban J connectivity index is 2.71. The van der Waals surface area contributed by atoms with E-state index >= 15 is 0 Å². The van der Waals surface area contributed by atoms with E-state index in [4.69, 9.17) is 10.3 Å². The molecule has 2 unspecified atom stereocenters. The fourth-order valence-electron chi connectivity index (χ4n) is 2.93. The van der Waals surface area contributed by atoms with Crippen LogP contribution in [0.2, 0.25) is 0 Å². The van der Waals surface area contributed by atoms with Gasteiger partial charge in [-0.25, -0.2) is 0 Å². The molecule has 1 heterocycles. The van der Waals surface area contributed by atoms with Crippen molar-refractivity contribution in [3.63, 3.8) is 0 Å². The Morgan fingerprint density at radius 1 is 1.42 bits per heavy atom. The molecule has 2 atom stereocenters. The van der Waals surface area contributed by atoms with Gasteiger partial charge in [-0.3, -0.25) is 9.59 Å². The molecule has 1 aliphatic carbocycles. The van der Waals surface area contributed by atoms with Gasteiger partial charge in [-0.05, 0) is 43.4 Å². The third-order valence-electron chi connectivity index (χ3n) is 4.01. The first-order valence-corrected chi connectivity index (χ1v) is 8.70. The molecule has 0 saturated carbocycles. The maximum atomic E-state index is 13.1. The number of carbonyl (C=O) groups is 2. The summed E-state index contributed by atoms with van der Waals surface area (Å²) < 4.78 is 44.7. The van der Waals surface area contributed by atoms with Gasteiger partial charge in [0.2, 0.25) is 11.8 Å². The maximum absolute atomic E-state index is 13.1. The zero-order valence-corrected chi connectivity index (χ0v) is 16.3. The van der Waals surface area contributed by atoms with Crippen LogP contribution in [0, 0.1) is 12.8 Å². The highest BCUT2D eigenvalue weighted by molar-refractivity contribution is 14.1. The first kappa shape index (κ1) is 20.5. The lowest BCUT2D eigenvalue weighted by Crippen LogP contribution is -2.53. The summed E-state index contributed by atoms with van der Waals surface area (Å²) >= 11 is 1.86. The number of nitrogens with two attached hydrogens (primary N) is 1. The lowest BCUT2D eigenvalue weighted by atomic mass is 9.68. The molecule has 1 aromatic rings. The minimum Gasteiger partial charge on any atom is -0.368 e. The minimum atomic E-state index is -4.76. The molecule has 10 heteroatoms. The van der Waals surface area contributed by atoms with Gasteiger partial charge >= 0.3 is 6.18 Å². The van der Waals surface area contributed by atoms with Gasteiger partial charge in [0.15, 0.2) is 11.5 Å². The maximum Gasteiger partial charge on any atom is 0.437 e. The Morgan fingerprint density at radius 2 is 2.04 bits per heavy atom. The molecule has 0 saturated heterocycles. The number of rotatable bonds is 4. The smallest absolute Gasteiger partial charge is 0.368 e. The number of carbonyl (C=O) groups excluding carboxylic acids is 2. The molecule has 0 radical (unpaired) electrons. The number of hydrogen-bond donors (Lipinski definition) is 2. The summed E-state index contributed by atoms with van der Waals surface area (Å²) in [5.74, 6) is -3.11. The Hall–Kier alpha value is -1.85. The van der Waals surface area contributed by atoms with Crippen LogP contribution in [0.3, 0.4) is 0 Å². The molecule has 3 N–H and O–H groups in total. The lowest BCUT2D eigenvalue weighted by molar-refractivity contribution is -0.143. The summed E-state index contributed by atoms with van der Waals surface area (Å²) in [6.45, 7) is 4.58. The van der Waals surface area contributed by atoms with E-state index in [-0.39, 0.29) is 17.4 Å². The number of amides is 2. The molecule has 1 aliphatic rings. The van der Waals surface area contributed by atoms with E-state index in [1.165, 1.54) is 12.2 Å². The van der Waals surface area contributed by atoms with Gasteiger partial charge < -0.3 is 15.6 Å². The molecule has 0 spiro atoms. The Labute approximate surface area is 161 Å². The zero-order chi connectivity index (χ0) is 19.9. The van der Waals surface area contributed by atoms with Crippen LogP contribution >= 0.6 is 22.6 Å². The van der Waals surface area contributed by atoms with Crippen molar-refractivity contribution in [3.05, 3.63) is 38.8 Å². The summed E-state index contributed by atoms with van der Waals surface area (Å²) in [4.78, 5) is 25.2. The average Bonchev–Trinajstić information content (AvgIpc) is 2.87. The van der Waals surface area contributed by atoms with E-state index in [9.17, 15) is 22.8 Å². The number of allylic oxidation sites excluding steroid dienone is 2. The van der Waals surface area contributed by atoms with Crippen LogP contribution in [-0.2, 0) is 21.2 Å². The predicted octanol–water partition coefficient (Wildman–Crippen LogP) is 2.75. The van der Waals surface area contributed by atoms with Gasteiger partial charge in [-0.2, -0.15) is 13.2 Å². The van der Waals surface area contributed by atoms with Crippen LogP contribution in [-0.4, -0.2) is 23.0 Å². The summed E-state index contributed by atoms with van der Waals surface area (Å²) in [7, 11) is 0. The van der Waals surface area contributed by atoms with Gasteiger partial charge in [-0.15, -0.1) is 0 Å². The molecule has 0 fully saturated rings. The van der Waals surface area contributed by atoms with Crippen LogP contribution in [0.15, 0.2) is 26.3 Å². The van der Waals surface area contributed by atoms with E-state index in [1.54, 1.807) is 19.9 Å². The van der Waals surface area contributed by atoms with Crippen molar-refractivity contribution in [1.29, 1.82) is 0 Å². The molecule has 142 valence electrons. The largest absolute Gasteiger partial charge is 0.437 e. The van der Waals surface area contributed by atoms with Crippen molar-refractivity contribution in [1.82, 2.24) is 10.5 Å². The lowest BCUT2D eigenvalue weighted by Gasteiger charge is -2.35. The molecular weight excluding hydrogens is 466 g/mol. The minimum absolute atomic E-state index is 0.246. The molecule has 2 amide bonds. The second-order valence-corrected chi connectivity index (χ2v) is 7.47. The number of nitrogens with one attached hydrogen (secondary N) is 1. The number of alkyl halides is 3. The number of hydrogen-bond acceptors (Lipinski definition) is 4. The second-order valence-electron chi connectivity index (χ2n) is 6.22. The molecule has 0 aromatic carbocycles. The standard InChI is InChI=1S/C16H17F3IN3O3/c1-7(2)22-13(24)10-9(20)5-4-6-15(10,14(21)25)12-8(3)11(23-26-12)16(17,18)19/h4-7,10H,1-3H3,(H2,21,25)(H,22,24). The number of primary amides is 1. The van der Waals surface area contributed by atoms with E-state index in [0.717, 1.165) is 6.92 Å². The van der Waals surface area contributed by atoms with Crippen molar-refractivity contribution in [3.8, 4) is 0 Å². The van der Waals surface area contributed by atoms with E-state index < -0.39 is 35.0 Å². The molecule has 0 bridgehead atoms. The first-order chi connectivity index (χ1) is 11.9. The van der Waals surface area contributed by atoms with Crippen molar-refractivity contribution in [2.24, 2.45) is 11.7 Å². The quantitative estimate of drug-likeness (QED) is 0.644. The third-order valence-corrected chi connectivity index (χ3v) is 5.00. The van der Waals surface area contributed by atoms with E-state index in [1.807, 2.05) is 22.6 Å².